The molecule has 1 aliphatic rings. The summed E-state index contributed by atoms with van der Waals surface area (Å²) < 4.78 is 1.81. The number of hydrogen-bond acceptors (Lipinski definition) is 4. The van der Waals surface area contributed by atoms with Crippen LogP contribution >= 0.6 is 0 Å². The van der Waals surface area contributed by atoms with E-state index in [0.717, 1.165) is 19.4 Å². The van der Waals surface area contributed by atoms with Gasteiger partial charge in [0.2, 0.25) is 0 Å². The third kappa shape index (κ3) is 4.04. The predicted octanol–water partition coefficient (Wildman–Crippen LogP) is 1.33. The summed E-state index contributed by atoms with van der Waals surface area (Å²) in [7, 11) is 3.87. The van der Waals surface area contributed by atoms with Gasteiger partial charge in [-0.15, -0.1) is 0 Å². The van der Waals surface area contributed by atoms with Crippen LogP contribution in [0.5, 0.6) is 0 Å². The van der Waals surface area contributed by atoms with Crippen LogP contribution in [-0.2, 0) is 0 Å². The van der Waals surface area contributed by atoms with Crippen molar-refractivity contribution in [1.29, 1.82) is 0 Å². The lowest BCUT2D eigenvalue weighted by molar-refractivity contribution is 0.0972. The van der Waals surface area contributed by atoms with E-state index in [1.165, 1.54) is 4.90 Å². The minimum Gasteiger partial charge on any atom is -0.465 e. The zero-order valence-corrected chi connectivity index (χ0v) is 12.5. The predicted molar refractivity (Wildman–Crippen MR) is 77.6 cm³/mol. The Hall–Kier alpha value is -1.89. The highest BCUT2D eigenvalue weighted by molar-refractivity contribution is 5.95. The number of carboxylic acid groups (broad SMARTS) is 1. The van der Waals surface area contributed by atoms with E-state index in [1.54, 1.807) is 12.4 Å². The van der Waals surface area contributed by atoms with Gasteiger partial charge in [0.05, 0.1) is 17.8 Å². The average molecular weight is 294 g/mol. The number of nitrogens with zero attached hydrogens (tertiary/aromatic N) is 4. The molecule has 1 amide bonds. The van der Waals surface area contributed by atoms with E-state index >= 15 is 0 Å². The highest BCUT2D eigenvalue weighted by atomic mass is 16.4. The van der Waals surface area contributed by atoms with Gasteiger partial charge in [0, 0.05) is 32.3 Å². The Kier molecular flexibility index (Phi) is 4.95. The second-order valence-corrected chi connectivity index (χ2v) is 5.69. The van der Waals surface area contributed by atoms with E-state index in [-0.39, 0.29) is 11.8 Å². The molecule has 116 valence electrons. The number of amides is 1. The molecule has 2 heterocycles. The second kappa shape index (κ2) is 6.71. The first-order valence-corrected chi connectivity index (χ1v) is 7.17. The van der Waals surface area contributed by atoms with Crippen molar-refractivity contribution in [2.45, 2.75) is 25.3 Å². The number of hydrogen-bond donors (Lipinski definition) is 1. The molecule has 0 radical (unpaired) electrons. The SMILES string of the molecule is CN(C)CCC(=O)c1cnn(C2CCN(C(=O)O)CC2)c1. The topological polar surface area (TPSA) is 78.7 Å². The third-order valence-corrected chi connectivity index (χ3v) is 3.82. The van der Waals surface area contributed by atoms with Gasteiger partial charge in [-0.1, -0.05) is 0 Å². The van der Waals surface area contributed by atoms with E-state index in [2.05, 4.69) is 5.10 Å². The summed E-state index contributed by atoms with van der Waals surface area (Å²) in [6.07, 6.45) is 4.49. The molecule has 0 unspecified atom stereocenters. The van der Waals surface area contributed by atoms with Crippen LogP contribution in [0.25, 0.3) is 0 Å². The fourth-order valence-electron chi connectivity index (χ4n) is 2.47. The molecule has 0 bridgehead atoms. The quantitative estimate of drug-likeness (QED) is 0.829. The number of ketones is 1. The van der Waals surface area contributed by atoms with Gasteiger partial charge in [-0.2, -0.15) is 5.10 Å². The first-order chi connectivity index (χ1) is 9.97. The molecule has 0 saturated carbocycles. The van der Waals surface area contributed by atoms with E-state index in [4.69, 9.17) is 5.11 Å². The van der Waals surface area contributed by atoms with Crippen molar-refractivity contribution in [1.82, 2.24) is 19.6 Å². The van der Waals surface area contributed by atoms with Crippen LogP contribution in [0.3, 0.4) is 0 Å². The van der Waals surface area contributed by atoms with Gasteiger partial charge in [-0.3, -0.25) is 9.48 Å². The second-order valence-electron chi connectivity index (χ2n) is 5.69. The fourth-order valence-corrected chi connectivity index (χ4v) is 2.47. The Labute approximate surface area is 124 Å². The van der Waals surface area contributed by atoms with E-state index < -0.39 is 6.09 Å². The molecule has 1 aliphatic heterocycles. The lowest BCUT2D eigenvalue weighted by Crippen LogP contribution is -2.38. The summed E-state index contributed by atoms with van der Waals surface area (Å²) in [4.78, 5) is 26.3. The third-order valence-electron chi connectivity index (χ3n) is 3.82. The first-order valence-electron chi connectivity index (χ1n) is 7.17. The molecule has 1 aromatic rings. The van der Waals surface area contributed by atoms with E-state index in [9.17, 15) is 9.59 Å². The molecular formula is C14H22N4O3. The van der Waals surface area contributed by atoms with Crippen molar-refractivity contribution in [3.63, 3.8) is 0 Å². The Bertz CT molecular complexity index is 504. The zero-order valence-electron chi connectivity index (χ0n) is 12.5. The summed E-state index contributed by atoms with van der Waals surface area (Å²) in [5.74, 6) is 0.0953. The molecule has 2 rings (SSSR count). The van der Waals surface area contributed by atoms with Crippen molar-refractivity contribution in [2.24, 2.45) is 0 Å². The van der Waals surface area contributed by atoms with E-state index in [0.29, 0.717) is 25.1 Å². The van der Waals surface area contributed by atoms with Gasteiger partial charge in [0.1, 0.15) is 0 Å². The number of rotatable bonds is 5. The Morgan fingerprint density at radius 3 is 2.62 bits per heavy atom. The maximum Gasteiger partial charge on any atom is 0.407 e. The summed E-state index contributed by atoms with van der Waals surface area (Å²) >= 11 is 0. The van der Waals surface area contributed by atoms with Crippen molar-refractivity contribution in [3.05, 3.63) is 18.0 Å². The maximum atomic E-state index is 12.0. The minimum atomic E-state index is -0.867. The molecule has 7 heteroatoms. The highest BCUT2D eigenvalue weighted by Crippen LogP contribution is 2.22. The van der Waals surface area contributed by atoms with Crippen molar-refractivity contribution < 1.29 is 14.7 Å². The standard InChI is InChI=1S/C14H22N4O3/c1-16(2)6-5-13(19)11-9-15-18(10-11)12-3-7-17(8-4-12)14(20)21/h9-10,12H,3-8H2,1-2H3,(H,20,21). The van der Waals surface area contributed by atoms with Crippen LogP contribution in [0.4, 0.5) is 4.79 Å². The molecule has 7 nitrogen and oxygen atoms in total. The van der Waals surface area contributed by atoms with Gasteiger partial charge >= 0.3 is 6.09 Å². The summed E-state index contributed by atoms with van der Waals surface area (Å²) in [5.41, 5.74) is 0.637. The number of piperidine rings is 1. The lowest BCUT2D eigenvalue weighted by Gasteiger charge is -2.29. The van der Waals surface area contributed by atoms with Crippen LogP contribution in [0.1, 0.15) is 35.7 Å². The molecule has 21 heavy (non-hydrogen) atoms. The molecule has 1 aromatic heterocycles. The fraction of sp³-hybridized carbons (Fsp3) is 0.643. The monoisotopic (exact) mass is 294 g/mol. The highest BCUT2D eigenvalue weighted by Gasteiger charge is 2.24. The van der Waals surface area contributed by atoms with Gasteiger partial charge in [-0.25, -0.2) is 4.79 Å². The maximum absolute atomic E-state index is 12.0. The van der Waals surface area contributed by atoms with Crippen LogP contribution in [-0.4, -0.2) is 70.3 Å². The number of Topliss-reactive ketones (excluding diaryl/α,β-unsaturated/α-hetero) is 1. The molecule has 0 aromatic carbocycles. The van der Waals surface area contributed by atoms with Crippen LogP contribution in [0, 0.1) is 0 Å². The molecular weight excluding hydrogens is 272 g/mol. The normalized spacial score (nSPS) is 16.4. The number of aromatic nitrogens is 2. The Balaban J connectivity index is 1.91. The van der Waals surface area contributed by atoms with Gasteiger partial charge < -0.3 is 14.9 Å². The summed E-state index contributed by atoms with van der Waals surface area (Å²) in [6.45, 7) is 1.76. The summed E-state index contributed by atoms with van der Waals surface area (Å²) in [5, 5.41) is 13.2. The van der Waals surface area contributed by atoms with Crippen molar-refractivity contribution >= 4 is 11.9 Å². The smallest absolute Gasteiger partial charge is 0.407 e. The molecule has 0 aliphatic carbocycles. The van der Waals surface area contributed by atoms with Crippen LogP contribution in [0.15, 0.2) is 12.4 Å². The molecule has 0 atom stereocenters. The van der Waals surface area contributed by atoms with Gasteiger partial charge in [0.15, 0.2) is 5.78 Å². The van der Waals surface area contributed by atoms with Gasteiger partial charge in [-0.05, 0) is 26.9 Å². The Morgan fingerprint density at radius 1 is 1.38 bits per heavy atom. The molecule has 1 saturated heterocycles. The minimum absolute atomic E-state index is 0.0953. The Morgan fingerprint density at radius 2 is 2.05 bits per heavy atom. The number of carbonyl (C=O) groups excluding carboxylic acids is 1. The largest absolute Gasteiger partial charge is 0.465 e. The van der Waals surface area contributed by atoms with Crippen molar-refractivity contribution in [2.75, 3.05) is 33.7 Å². The zero-order chi connectivity index (χ0) is 15.4. The van der Waals surface area contributed by atoms with Crippen LogP contribution in [0.2, 0.25) is 0 Å². The molecule has 1 N–H and O–H groups in total. The number of carbonyl (C=O) groups is 2. The summed E-state index contributed by atoms with van der Waals surface area (Å²) in [6, 6.07) is 0.177. The average Bonchev–Trinajstić information content (AvgIpc) is 2.94. The number of likely N-dealkylation sites (tertiary alicyclic amines) is 1. The molecule has 0 spiro atoms. The lowest BCUT2D eigenvalue weighted by atomic mass is 10.1. The molecule has 1 fully saturated rings. The van der Waals surface area contributed by atoms with Crippen molar-refractivity contribution in [3.8, 4) is 0 Å². The van der Waals surface area contributed by atoms with E-state index in [1.807, 2.05) is 23.7 Å². The van der Waals surface area contributed by atoms with Crippen LogP contribution < -0.4 is 0 Å². The van der Waals surface area contributed by atoms with Gasteiger partial charge in [0.25, 0.3) is 0 Å². The first kappa shape index (κ1) is 15.5.